The topological polar surface area (TPSA) is 45.4 Å². The van der Waals surface area contributed by atoms with Gasteiger partial charge in [-0.15, -0.1) is 5.16 Å². The summed E-state index contributed by atoms with van der Waals surface area (Å²) >= 11 is 0. The van der Waals surface area contributed by atoms with E-state index in [1.165, 1.54) is 0 Å². The van der Waals surface area contributed by atoms with Crippen LogP contribution < -0.4 is 0 Å². The lowest BCUT2D eigenvalue weighted by Gasteiger charge is -2.11. The van der Waals surface area contributed by atoms with E-state index in [0.29, 0.717) is 5.56 Å². The summed E-state index contributed by atoms with van der Waals surface area (Å²) in [6.07, 6.45) is 1.64. The molecule has 1 aromatic carbocycles. The highest BCUT2D eigenvalue weighted by Gasteiger charge is 2.15. The molecule has 1 aromatic rings. The summed E-state index contributed by atoms with van der Waals surface area (Å²) in [7, 11) is -1.60. The molecule has 0 aliphatic rings. The molecule has 0 unspecified atom stereocenters. The number of hydrogen-bond acceptors (Lipinski definition) is 3. The first-order valence-electron chi connectivity index (χ1n) is 4.73. The fourth-order valence-corrected chi connectivity index (χ4v) is 1.30. The fraction of sp³-hybridized carbons (Fsp3) is 0.273. The van der Waals surface area contributed by atoms with Gasteiger partial charge in [0.1, 0.15) is 0 Å². The molecular weight excluding hydrogens is 204 g/mol. The Morgan fingerprint density at radius 3 is 2.73 bits per heavy atom. The fourth-order valence-electron chi connectivity index (χ4n) is 0.934. The van der Waals surface area contributed by atoms with Gasteiger partial charge in [-0.05, 0) is 37.3 Å². The predicted octanol–water partition coefficient (Wildman–Crippen LogP) is 2.74. The molecule has 0 saturated heterocycles. The first-order chi connectivity index (χ1) is 7.01. The van der Waals surface area contributed by atoms with Crippen LogP contribution in [0.2, 0.25) is 19.6 Å². The minimum absolute atomic E-state index is 0.631. The highest BCUT2D eigenvalue weighted by molar-refractivity contribution is 6.69. The second kappa shape index (κ2) is 4.76. The Morgan fingerprint density at radius 1 is 1.40 bits per heavy atom. The smallest absolute Gasteiger partial charge is 0.278 e. The van der Waals surface area contributed by atoms with Crippen molar-refractivity contribution >= 4 is 14.5 Å². The lowest BCUT2D eigenvalue weighted by Crippen LogP contribution is -2.22. The predicted molar refractivity (Wildman–Crippen MR) is 63.2 cm³/mol. The zero-order valence-electron chi connectivity index (χ0n) is 9.19. The Bertz CT molecular complexity index is 402. The van der Waals surface area contributed by atoms with Gasteiger partial charge in [0.25, 0.3) is 8.32 Å². The third kappa shape index (κ3) is 4.43. The average molecular weight is 218 g/mol. The summed E-state index contributed by atoms with van der Waals surface area (Å²) in [5, 5.41) is 12.6. The first-order valence-corrected chi connectivity index (χ1v) is 8.14. The van der Waals surface area contributed by atoms with Crippen molar-refractivity contribution in [3.63, 3.8) is 0 Å². The van der Waals surface area contributed by atoms with E-state index in [1.807, 2.05) is 12.1 Å². The Hall–Kier alpha value is -1.60. The van der Waals surface area contributed by atoms with Crippen molar-refractivity contribution in [2.24, 2.45) is 5.16 Å². The summed E-state index contributed by atoms with van der Waals surface area (Å²) in [6, 6.07) is 9.33. The van der Waals surface area contributed by atoms with Crippen molar-refractivity contribution in [2.75, 3.05) is 0 Å². The summed E-state index contributed by atoms with van der Waals surface area (Å²) in [5.41, 5.74) is 1.51. The Balaban J connectivity index is 2.69. The molecule has 15 heavy (non-hydrogen) atoms. The highest BCUT2D eigenvalue weighted by Crippen LogP contribution is 2.04. The van der Waals surface area contributed by atoms with Crippen LogP contribution >= 0.6 is 0 Å². The van der Waals surface area contributed by atoms with Crippen LogP contribution in [0.15, 0.2) is 29.4 Å². The highest BCUT2D eigenvalue weighted by atomic mass is 28.4. The monoisotopic (exact) mass is 218 g/mol. The minimum atomic E-state index is -1.60. The van der Waals surface area contributed by atoms with Gasteiger partial charge in [0, 0.05) is 0 Å². The average Bonchev–Trinajstić information content (AvgIpc) is 2.16. The quantitative estimate of drug-likeness (QED) is 0.445. The van der Waals surface area contributed by atoms with Crippen molar-refractivity contribution in [1.82, 2.24) is 0 Å². The zero-order valence-corrected chi connectivity index (χ0v) is 10.2. The van der Waals surface area contributed by atoms with E-state index in [9.17, 15) is 0 Å². The first kappa shape index (κ1) is 11.5. The molecule has 0 aliphatic carbocycles. The van der Waals surface area contributed by atoms with E-state index in [4.69, 9.17) is 9.79 Å². The molecule has 0 bridgehead atoms. The van der Waals surface area contributed by atoms with Crippen LogP contribution in [0, 0.1) is 11.3 Å². The van der Waals surface area contributed by atoms with Crippen molar-refractivity contribution in [1.29, 1.82) is 5.26 Å². The Kier molecular flexibility index (Phi) is 3.64. The van der Waals surface area contributed by atoms with Crippen LogP contribution in [0.3, 0.4) is 0 Å². The maximum absolute atomic E-state index is 8.70. The largest absolute Gasteiger partial charge is 0.456 e. The minimum Gasteiger partial charge on any atom is -0.456 e. The third-order valence-electron chi connectivity index (χ3n) is 1.54. The molecule has 0 radical (unpaired) electrons. The van der Waals surface area contributed by atoms with E-state index >= 15 is 0 Å². The van der Waals surface area contributed by atoms with Crippen molar-refractivity contribution in [3.05, 3.63) is 35.4 Å². The van der Waals surface area contributed by atoms with Crippen LogP contribution in [0.4, 0.5) is 0 Å². The summed E-state index contributed by atoms with van der Waals surface area (Å²) in [5.74, 6) is 0. The summed E-state index contributed by atoms with van der Waals surface area (Å²) < 4.78 is 5.33. The molecule has 0 heterocycles. The van der Waals surface area contributed by atoms with Gasteiger partial charge in [-0.3, -0.25) is 0 Å². The SMILES string of the molecule is C[Si](C)(C)O/N=C/c1cccc(C#N)c1. The number of nitrogens with zero attached hydrogens (tertiary/aromatic N) is 2. The van der Waals surface area contributed by atoms with E-state index in [1.54, 1.807) is 18.3 Å². The normalized spacial score (nSPS) is 11.3. The van der Waals surface area contributed by atoms with E-state index < -0.39 is 8.32 Å². The molecule has 4 heteroatoms. The maximum atomic E-state index is 8.70. The van der Waals surface area contributed by atoms with Crippen LogP contribution in [0.1, 0.15) is 11.1 Å². The van der Waals surface area contributed by atoms with Crippen LogP contribution in [-0.2, 0) is 4.53 Å². The lowest BCUT2D eigenvalue weighted by molar-refractivity contribution is 0.338. The number of hydrogen-bond donors (Lipinski definition) is 0. The molecule has 0 fully saturated rings. The summed E-state index contributed by atoms with van der Waals surface area (Å²) in [6.45, 7) is 6.20. The van der Waals surface area contributed by atoms with Crippen molar-refractivity contribution < 1.29 is 4.53 Å². The summed E-state index contributed by atoms with van der Waals surface area (Å²) in [4.78, 5) is 0. The van der Waals surface area contributed by atoms with Crippen molar-refractivity contribution in [2.45, 2.75) is 19.6 Å². The standard InChI is InChI=1S/C11H14N2OSi/c1-15(2,3)14-13-9-11-6-4-5-10(7-11)8-12/h4-7,9H,1-3H3/b13-9+. The molecule has 0 amide bonds. The zero-order chi connectivity index (χ0) is 11.3. The van der Waals surface area contributed by atoms with Gasteiger partial charge in [-0.2, -0.15) is 5.26 Å². The number of rotatable bonds is 3. The number of nitriles is 1. The number of benzene rings is 1. The van der Waals surface area contributed by atoms with Crippen LogP contribution in [0.5, 0.6) is 0 Å². The second-order valence-electron chi connectivity index (χ2n) is 4.18. The van der Waals surface area contributed by atoms with Crippen LogP contribution in [-0.4, -0.2) is 14.5 Å². The molecule has 3 nitrogen and oxygen atoms in total. The van der Waals surface area contributed by atoms with Gasteiger partial charge in [-0.1, -0.05) is 12.1 Å². The van der Waals surface area contributed by atoms with E-state index in [0.717, 1.165) is 5.56 Å². The van der Waals surface area contributed by atoms with Gasteiger partial charge in [0.05, 0.1) is 17.8 Å². The van der Waals surface area contributed by atoms with Gasteiger partial charge < -0.3 is 4.53 Å². The molecule has 78 valence electrons. The Labute approximate surface area is 91.1 Å². The van der Waals surface area contributed by atoms with Gasteiger partial charge in [0.2, 0.25) is 0 Å². The van der Waals surface area contributed by atoms with Gasteiger partial charge >= 0.3 is 0 Å². The molecule has 0 atom stereocenters. The Morgan fingerprint density at radius 2 is 2.13 bits per heavy atom. The van der Waals surface area contributed by atoms with Gasteiger partial charge in [-0.25, -0.2) is 0 Å². The number of oxime groups is 1. The van der Waals surface area contributed by atoms with Crippen LogP contribution in [0.25, 0.3) is 0 Å². The molecule has 0 aromatic heterocycles. The second-order valence-corrected chi connectivity index (χ2v) is 8.58. The molecule has 1 rings (SSSR count). The molecule has 0 N–H and O–H groups in total. The molecule has 0 spiro atoms. The van der Waals surface area contributed by atoms with E-state index in [-0.39, 0.29) is 0 Å². The maximum Gasteiger partial charge on any atom is 0.278 e. The van der Waals surface area contributed by atoms with Gasteiger partial charge in [0.15, 0.2) is 0 Å². The lowest BCUT2D eigenvalue weighted by atomic mass is 10.1. The molecule has 0 saturated carbocycles. The molecule has 0 aliphatic heterocycles. The third-order valence-corrected chi connectivity index (χ3v) is 2.20. The van der Waals surface area contributed by atoms with E-state index in [2.05, 4.69) is 30.9 Å². The van der Waals surface area contributed by atoms with Crippen molar-refractivity contribution in [3.8, 4) is 6.07 Å². The molecular formula is C11H14N2OSi.